The van der Waals surface area contributed by atoms with Gasteiger partial charge in [0, 0.05) is 5.92 Å². The van der Waals surface area contributed by atoms with Gasteiger partial charge in [-0.3, -0.25) is 0 Å². The molecule has 1 aromatic rings. The van der Waals surface area contributed by atoms with Crippen LogP contribution in [0.15, 0.2) is 29.2 Å². The molecule has 0 N–H and O–H groups in total. The van der Waals surface area contributed by atoms with Crippen LogP contribution in [-0.4, -0.2) is 14.0 Å². The lowest BCUT2D eigenvalue weighted by molar-refractivity contribution is -0.0579. The predicted molar refractivity (Wildman–Crippen MR) is 73.2 cm³/mol. The van der Waals surface area contributed by atoms with Gasteiger partial charge in [0.2, 0.25) is 0 Å². The fourth-order valence-corrected chi connectivity index (χ4v) is 4.41. The van der Waals surface area contributed by atoms with Crippen molar-refractivity contribution in [1.82, 2.24) is 0 Å². The summed E-state index contributed by atoms with van der Waals surface area (Å²) in [6, 6.07) is 8.66. The van der Waals surface area contributed by atoms with E-state index in [0.717, 1.165) is 24.8 Å². The molecule has 0 spiro atoms. The Hall–Kier alpha value is -1.38. The predicted octanol–water partition coefficient (Wildman–Crippen LogP) is 2.78. The van der Waals surface area contributed by atoms with Crippen molar-refractivity contribution in [1.29, 1.82) is 5.26 Å². The van der Waals surface area contributed by atoms with E-state index in [2.05, 4.69) is 6.07 Å². The molecule has 3 aliphatic carbocycles. The summed E-state index contributed by atoms with van der Waals surface area (Å²) in [5.41, 5.74) is -0.170. The Bertz CT molecular complexity index is 651. The van der Waals surface area contributed by atoms with Gasteiger partial charge in [-0.05, 0) is 50.7 Å². The number of nitrogens with zero attached hydrogens (tertiary/aromatic N) is 1. The normalized spacial score (nSPS) is 32.2. The maximum Gasteiger partial charge on any atom is 0.298 e. The van der Waals surface area contributed by atoms with Gasteiger partial charge in [0.15, 0.2) is 5.60 Å². The Labute approximate surface area is 119 Å². The Morgan fingerprint density at radius 2 is 1.95 bits per heavy atom. The number of rotatable bonds is 3. The van der Waals surface area contributed by atoms with Crippen LogP contribution in [0.2, 0.25) is 0 Å². The molecule has 2 bridgehead atoms. The largest absolute Gasteiger partial charge is 0.298 e. The molecule has 1 atom stereocenters. The molecule has 4 rings (SSSR count). The minimum Gasteiger partial charge on any atom is -0.244 e. The van der Waals surface area contributed by atoms with E-state index < -0.39 is 15.7 Å². The molecular formula is C15H17NO3S. The summed E-state index contributed by atoms with van der Waals surface area (Å²) in [7, 11) is -3.88. The van der Waals surface area contributed by atoms with Gasteiger partial charge in [0.05, 0.1) is 11.0 Å². The van der Waals surface area contributed by atoms with Crippen molar-refractivity contribution >= 4 is 10.1 Å². The van der Waals surface area contributed by atoms with Crippen molar-refractivity contribution in [3.05, 3.63) is 29.8 Å². The lowest BCUT2D eigenvalue weighted by Crippen LogP contribution is -2.52. The van der Waals surface area contributed by atoms with Crippen molar-refractivity contribution in [2.45, 2.75) is 43.1 Å². The van der Waals surface area contributed by atoms with E-state index in [1.165, 1.54) is 12.1 Å². The molecule has 0 aromatic heterocycles. The molecule has 20 heavy (non-hydrogen) atoms. The Balaban J connectivity index is 1.89. The summed E-state index contributed by atoms with van der Waals surface area (Å²) >= 11 is 0. The molecule has 3 aliphatic rings. The SMILES string of the molecule is Cc1ccc(S(=O)(=O)O[C@]2(C#N)CCC3CC2C3)cc1. The quantitative estimate of drug-likeness (QED) is 0.803. The third-order valence-corrected chi connectivity index (χ3v) is 5.94. The molecule has 0 amide bonds. The van der Waals surface area contributed by atoms with Crippen LogP contribution in [0.3, 0.4) is 0 Å². The van der Waals surface area contributed by atoms with Gasteiger partial charge < -0.3 is 0 Å². The number of hydrogen-bond donors (Lipinski definition) is 0. The van der Waals surface area contributed by atoms with Gasteiger partial charge in [0.25, 0.3) is 10.1 Å². The molecular weight excluding hydrogens is 274 g/mol. The maximum absolute atomic E-state index is 12.4. The second kappa shape index (κ2) is 4.57. The highest BCUT2D eigenvalue weighted by molar-refractivity contribution is 7.86. The van der Waals surface area contributed by atoms with E-state index in [4.69, 9.17) is 4.18 Å². The lowest BCUT2D eigenvalue weighted by Gasteiger charge is -2.50. The fraction of sp³-hybridized carbons (Fsp3) is 0.533. The first-order valence-electron chi connectivity index (χ1n) is 6.89. The molecule has 0 radical (unpaired) electrons. The Kier molecular flexibility index (Phi) is 3.11. The van der Waals surface area contributed by atoms with E-state index in [9.17, 15) is 13.7 Å². The van der Waals surface area contributed by atoms with Crippen molar-refractivity contribution < 1.29 is 12.6 Å². The number of hydrogen-bond acceptors (Lipinski definition) is 4. The molecule has 4 nitrogen and oxygen atoms in total. The summed E-state index contributed by atoms with van der Waals surface area (Å²) < 4.78 is 30.1. The molecule has 3 saturated carbocycles. The topological polar surface area (TPSA) is 67.2 Å². The van der Waals surface area contributed by atoms with E-state index in [0.29, 0.717) is 12.3 Å². The fourth-order valence-electron chi connectivity index (χ4n) is 3.20. The Morgan fingerprint density at radius 1 is 1.30 bits per heavy atom. The van der Waals surface area contributed by atoms with Crippen LogP contribution in [-0.2, 0) is 14.3 Å². The molecule has 5 heteroatoms. The smallest absolute Gasteiger partial charge is 0.244 e. The van der Waals surface area contributed by atoms with Gasteiger partial charge in [-0.15, -0.1) is 0 Å². The van der Waals surface area contributed by atoms with Crippen LogP contribution < -0.4 is 0 Å². The van der Waals surface area contributed by atoms with Crippen LogP contribution in [0.4, 0.5) is 0 Å². The van der Waals surface area contributed by atoms with Crippen LogP contribution in [0.25, 0.3) is 0 Å². The molecule has 0 saturated heterocycles. The summed E-state index contributed by atoms with van der Waals surface area (Å²) in [6.45, 7) is 1.89. The summed E-state index contributed by atoms with van der Waals surface area (Å²) in [5, 5.41) is 9.45. The summed E-state index contributed by atoms with van der Waals surface area (Å²) in [6.07, 6.45) is 3.23. The van der Waals surface area contributed by atoms with Crippen molar-refractivity contribution in [2.24, 2.45) is 11.8 Å². The molecule has 3 fully saturated rings. The number of nitriles is 1. The van der Waals surface area contributed by atoms with E-state index in [-0.39, 0.29) is 10.8 Å². The second-order valence-corrected chi connectivity index (χ2v) is 7.47. The zero-order valence-corrected chi connectivity index (χ0v) is 12.2. The molecule has 1 aromatic carbocycles. The summed E-state index contributed by atoms with van der Waals surface area (Å²) in [5.74, 6) is 0.721. The van der Waals surface area contributed by atoms with E-state index in [1.54, 1.807) is 12.1 Å². The minimum absolute atomic E-state index is 0.0615. The monoisotopic (exact) mass is 291 g/mol. The van der Waals surface area contributed by atoms with E-state index in [1.807, 2.05) is 6.92 Å². The first-order chi connectivity index (χ1) is 9.45. The van der Waals surface area contributed by atoms with Gasteiger partial charge in [-0.1, -0.05) is 17.7 Å². The third kappa shape index (κ3) is 2.13. The summed E-state index contributed by atoms with van der Waals surface area (Å²) in [4.78, 5) is 0.124. The van der Waals surface area contributed by atoms with E-state index >= 15 is 0 Å². The number of aryl methyl sites for hydroxylation is 1. The number of fused-ring (bicyclic) bond motifs is 2. The van der Waals surface area contributed by atoms with Crippen molar-refractivity contribution in [3.8, 4) is 6.07 Å². The highest BCUT2D eigenvalue weighted by atomic mass is 32.2. The van der Waals surface area contributed by atoms with Crippen LogP contribution in [0.5, 0.6) is 0 Å². The minimum atomic E-state index is -3.88. The zero-order valence-electron chi connectivity index (χ0n) is 11.4. The third-order valence-electron chi connectivity index (χ3n) is 4.58. The van der Waals surface area contributed by atoms with Crippen LogP contribution in [0.1, 0.15) is 31.2 Å². The van der Waals surface area contributed by atoms with Gasteiger partial charge in [-0.25, -0.2) is 4.18 Å². The van der Waals surface area contributed by atoms with Crippen LogP contribution >= 0.6 is 0 Å². The first-order valence-corrected chi connectivity index (χ1v) is 8.29. The second-order valence-electron chi connectivity index (χ2n) is 5.92. The molecule has 0 aliphatic heterocycles. The zero-order chi connectivity index (χ0) is 14.4. The average molecular weight is 291 g/mol. The van der Waals surface area contributed by atoms with Crippen molar-refractivity contribution in [3.63, 3.8) is 0 Å². The molecule has 0 unspecified atom stereocenters. The highest BCUT2D eigenvalue weighted by Crippen LogP contribution is 2.53. The lowest BCUT2D eigenvalue weighted by atomic mass is 9.58. The first kappa shape index (κ1) is 13.6. The van der Waals surface area contributed by atoms with Gasteiger partial charge >= 0.3 is 0 Å². The van der Waals surface area contributed by atoms with Crippen LogP contribution in [0, 0.1) is 30.1 Å². The van der Waals surface area contributed by atoms with Gasteiger partial charge in [-0.2, -0.15) is 13.7 Å². The number of benzene rings is 1. The van der Waals surface area contributed by atoms with Crippen molar-refractivity contribution in [2.75, 3.05) is 0 Å². The average Bonchev–Trinajstić information content (AvgIpc) is 2.38. The molecule has 106 valence electrons. The maximum atomic E-state index is 12.4. The highest BCUT2D eigenvalue weighted by Gasteiger charge is 2.54. The Morgan fingerprint density at radius 3 is 2.45 bits per heavy atom. The van der Waals surface area contributed by atoms with Gasteiger partial charge in [0.1, 0.15) is 0 Å². The standard InChI is InChI=1S/C15H17NO3S/c1-11-2-4-14(5-3-11)20(17,18)19-15(10-16)7-6-12-8-13(15)9-12/h2-5,12-13H,6-9H2,1H3/t12?,13?,15-/m0/s1. The molecule has 0 heterocycles.